The molecule has 2 aromatic heterocycles. The number of benzene rings is 1. The lowest BCUT2D eigenvalue weighted by Gasteiger charge is -2.05. The average molecular weight is 269 g/mol. The van der Waals surface area contributed by atoms with E-state index in [-0.39, 0.29) is 5.82 Å². The van der Waals surface area contributed by atoms with Crippen molar-refractivity contribution >= 4 is 5.82 Å². The van der Waals surface area contributed by atoms with E-state index in [1.165, 1.54) is 12.1 Å². The zero-order valence-corrected chi connectivity index (χ0v) is 10.5. The molecule has 0 aliphatic rings. The van der Waals surface area contributed by atoms with Gasteiger partial charge in [0.05, 0.1) is 11.3 Å². The summed E-state index contributed by atoms with van der Waals surface area (Å²) in [6.45, 7) is 0. The third-order valence-electron chi connectivity index (χ3n) is 3.00. The molecular weight excluding hydrogens is 257 g/mol. The van der Waals surface area contributed by atoms with Crippen molar-refractivity contribution in [1.82, 2.24) is 15.2 Å². The first-order valence-electron chi connectivity index (χ1n) is 6.01. The maximum atomic E-state index is 13.0. The molecule has 0 saturated heterocycles. The maximum Gasteiger partial charge on any atom is 0.170 e. The number of halogens is 1. The summed E-state index contributed by atoms with van der Waals surface area (Å²) in [7, 11) is 0. The van der Waals surface area contributed by atoms with Gasteiger partial charge in [0.2, 0.25) is 0 Å². The molecule has 0 unspecified atom stereocenters. The van der Waals surface area contributed by atoms with Gasteiger partial charge in [-0.2, -0.15) is 5.10 Å². The number of aromatic nitrogens is 3. The van der Waals surface area contributed by atoms with Crippen LogP contribution in [0.15, 0.2) is 48.8 Å². The Morgan fingerprint density at radius 3 is 2.35 bits per heavy atom. The van der Waals surface area contributed by atoms with Gasteiger partial charge in [0.15, 0.2) is 5.82 Å². The zero-order valence-electron chi connectivity index (χ0n) is 10.5. The van der Waals surface area contributed by atoms with Gasteiger partial charge in [-0.3, -0.25) is 10.1 Å². The third kappa shape index (κ3) is 2.12. The SMILES string of the molecule is NNc1n[nH]c(-c2ccc(F)cc2)c1-c1ccncc1. The second kappa shape index (κ2) is 5.10. The summed E-state index contributed by atoms with van der Waals surface area (Å²) in [5, 5.41) is 7.06. The predicted octanol–water partition coefficient (Wildman–Crippen LogP) is 2.56. The lowest BCUT2D eigenvalue weighted by molar-refractivity contribution is 0.628. The monoisotopic (exact) mass is 269 g/mol. The molecule has 6 heteroatoms. The molecule has 0 bridgehead atoms. The minimum absolute atomic E-state index is 0.282. The molecule has 2 heterocycles. The fourth-order valence-corrected chi connectivity index (χ4v) is 2.07. The second-order valence-corrected chi connectivity index (χ2v) is 4.21. The number of aromatic amines is 1. The van der Waals surface area contributed by atoms with Crippen LogP contribution in [0.2, 0.25) is 0 Å². The molecule has 0 saturated carbocycles. The van der Waals surface area contributed by atoms with Crippen LogP contribution in [0.25, 0.3) is 22.4 Å². The van der Waals surface area contributed by atoms with E-state index < -0.39 is 0 Å². The van der Waals surface area contributed by atoms with Gasteiger partial charge in [-0.15, -0.1) is 0 Å². The van der Waals surface area contributed by atoms with E-state index in [0.29, 0.717) is 5.82 Å². The van der Waals surface area contributed by atoms with Gasteiger partial charge in [0.1, 0.15) is 5.82 Å². The molecule has 0 spiro atoms. The Morgan fingerprint density at radius 2 is 1.70 bits per heavy atom. The van der Waals surface area contributed by atoms with Crippen LogP contribution in [-0.2, 0) is 0 Å². The highest BCUT2D eigenvalue weighted by atomic mass is 19.1. The number of nitrogens with one attached hydrogen (secondary N) is 2. The van der Waals surface area contributed by atoms with Gasteiger partial charge in [-0.05, 0) is 42.0 Å². The van der Waals surface area contributed by atoms with Gasteiger partial charge < -0.3 is 5.43 Å². The fraction of sp³-hybridized carbons (Fsp3) is 0. The average Bonchev–Trinajstić information content (AvgIpc) is 2.93. The third-order valence-corrected chi connectivity index (χ3v) is 3.00. The van der Waals surface area contributed by atoms with Gasteiger partial charge in [0, 0.05) is 18.0 Å². The molecule has 1 aromatic carbocycles. The first-order valence-corrected chi connectivity index (χ1v) is 6.01. The first-order chi connectivity index (χ1) is 9.79. The van der Waals surface area contributed by atoms with Crippen LogP contribution in [0.5, 0.6) is 0 Å². The van der Waals surface area contributed by atoms with Crippen LogP contribution in [0.1, 0.15) is 0 Å². The van der Waals surface area contributed by atoms with E-state index in [9.17, 15) is 4.39 Å². The van der Waals surface area contributed by atoms with Crippen LogP contribution >= 0.6 is 0 Å². The predicted molar refractivity (Wildman–Crippen MR) is 75.0 cm³/mol. The Bertz CT molecular complexity index is 706. The number of nitrogens with zero attached hydrogens (tertiary/aromatic N) is 2. The number of hydrogen-bond donors (Lipinski definition) is 3. The van der Waals surface area contributed by atoms with Crippen LogP contribution in [0.4, 0.5) is 10.2 Å². The largest absolute Gasteiger partial charge is 0.306 e. The summed E-state index contributed by atoms with van der Waals surface area (Å²) in [6, 6.07) is 9.91. The minimum atomic E-state index is -0.282. The van der Waals surface area contributed by atoms with Crippen molar-refractivity contribution < 1.29 is 4.39 Å². The van der Waals surface area contributed by atoms with Crippen molar-refractivity contribution in [2.24, 2.45) is 5.84 Å². The molecule has 0 aliphatic carbocycles. The smallest absolute Gasteiger partial charge is 0.170 e. The number of hydrogen-bond acceptors (Lipinski definition) is 4. The Morgan fingerprint density at radius 1 is 1.00 bits per heavy atom. The van der Waals surface area contributed by atoms with E-state index >= 15 is 0 Å². The summed E-state index contributed by atoms with van der Waals surface area (Å²) in [4.78, 5) is 3.99. The molecule has 4 N–H and O–H groups in total. The molecular formula is C14H12FN5. The van der Waals surface area contributed by atoms with Crippen molar-refractivity contribution in [2.75, 3.05) is 5.43 Å². The van der Waals surface area contributed by atoms with Crippen molar-refractivity contribution in [3.63, 3.8) is 0 Å². The van der Waals surface area contributed by atoms with Gasteiger partial charge in [-0.1, -0.05) is 0 Å². The summed E-state index contributed by atoms with van der Waals surface area (Å²) < 4.78 is 13.0. The van der Waals surface area contributed by atoms with E-state index in [4.69, 9.17) is 5.84 Å². The molecule has 5 nitrogen and oxygen atoms in total. The summed E-state index contributed by atoms with van der Waals surface area (Å²) in [6.07, 6.45) is 3.38. The van der Waals surface area contributed by atoms with E-state index in [1.54, 1.807) is 24.5 Å². The Balaban J connectivity index is 2.17. The number of anilines is 1. The van der Waals surface area contributed by atoms with E-state index in [2.05, 4.69) is 20.6 Å². The summed E-state index contributed by atoms with van der Waals surface area (Å²) in [5.74, 6) is 5.74. The molecule has 3 rings (SSSR count). The highest BCUT2D eigenvalue weighted by molar-refractivity contribution is 5.88. The molecule has 0 fully saturated rings. The number of nitrogens with two attached hydrogens (primary N) is 1. The molecule has 0 aliphatic heterocycles. The number of rotatable bonds is 3. The Kier molecular flexibility index (Phi) is 3.14. The Labute approximate surface area is 114 Å². The van der Waals surface area contributed by atoms with Crippen molar-refractivity contribution in [2.45, 2.75) is 0 Å². The fourth-order valence-electron chi connectivity index (χ4n) is 2.07. The van der Waals surface area contributed by atoms with Gasteiger partial charge in [0.25, 0.3) is 0 Å². The first kappa shape index (κ1) is 12.3. The van der Waals surface area contributed by atoms with Crippen molar-refractivity contribution in [1.29, 1.82) is 0 Å². The number of hydrazine groups is 1. The zero-order chi connectivity index (χ0) is 13.9. The Hall–Kier alpha value is -2.73. The normalized spacial score (nSPS) is 10.5. The molecule has 100 valence electrons. The molecule has 0 radical (unpaired) electrons. The van der Waals surface area contributed by atoms with Crippen molar-refractivity contribution in [3.8, 4) is 22.4 Å². The van der Waals surface area contributed by atoms with Crippen molar-refractivity contribution in [3.05, 3.63) is 54.6 Å². The second-order valence-electron chi connectivity index (χ2n) is 4.21. The maximum absolute atomic E-state index is 13.0. The lowest BCUT2D eigenvalue weighted by Crippen LogP contribution is -2.08. The van der Waals surface area contributed by atoms with Crippen LogP contribution < -0.4 is 11.3 Å². The molecule has 0 amide bonds. The quantitative estimate of drug-likeness (QED) is 0.504. The van der Waals surface area contributed by atoms with Crippen LogP contribution in [0, 0.1) is 5.82 Å². The van der Waals surface area contributed by atoms with Crippen LogP contribution in [-0.4, -0.2) is 15.2 Å². The van der Waals surface area contributed by atoms with E-state index in [0.717, 1.165) is 22.4 Å². The minimum Gasteiger partial charge on any atom is -0.306 e. The highest BCUT2D eigenvalue weighted by Crippen LogP contribution is 2.35. The van der Waals surface area contributed by atoms with Gasteiger partial charge >= 0.3 is 0 Å². The number of nitrogen functional groups attached to an aromatic ring is 1. The van der Waals surface area contributed by atoms with E-state index in [1.807, 2.05) is 12.1 Å². The lowest BCUT2D eigenvalue weighted by atomic mass is 10.0. The molecule has 20 heavy (non-hydrogen) atoms. The number of H-pyrrole nitrogens is 1. The summed E-state index contributed by atoms with van der Waals surface area (Å²) in [5.41, 5.74) is 5.89. The molecule has 0 atom stereocenters. The standard InChI is InChI=1S/C14H12FN5/c15-11-3-1-10(2-4-11)13-12(14(18-16)20-19-13)9-5-7-17-8-6-9/h1-8H,16H2,(H2,18,19,20). The molecule has 3 aromatic rings. The number of pyridine rings is 1. The highest BCUT2D eigenvalue weighted by Gasteiger charge is 2.15. The van der Waals surface area contributed by atoms with Gasteiger partial charge in [-0.25, -0.2) is 10.2 Å². The summed E-state index contributed by atoms with van der Waals surface area (Å²) >= 11 is 0. The topological polar surface area (TPSA) is 79.6 Å². The van der Waals surface area contributed by atoms with Crippen LogP contribution in [0.3, 0.4) is 0 Å².